The molecule has 2 saturated heterocycles. The van der Waals surface area contributed by atoms with Crippen LogP contribution in [0.3, 0.4) is 0 Å². The van der Waals surface area contributed by atoms with E-state index in [1.54, 1.807) is 12.1 Å². The zero-order valence-electron chi connectivity index (χ0n) is 14.7. The first kappa shape index (κ1) is 18.0. The maximum absolute atomic E-state index is 12.6. The van der Waals surface area contributed by atoms with Gasteiger partial charge in [-0.05, 0) is 56.9 Å². The highest BCUT2D eigenvalue weighted by Crippen LogP contribution is 2.38. The van der Waals surface area contributed by atoms with Crippen LogP contribution in [0.2, 0.25) is 0 Å². The Hall–Kier alpha value is -1.76. The lowest BCUT2D eigenvalue weighted by Gasteiger charge is -2.38. The molecule has 2 atom stereocenters. The molecule has 0 aliphatic carbocycles. The second kappa shape index (κ2) is 7.23. The number of carbonyl (C=O) groups excluding carboxylic acids is 1. The summed E-state index contributed by atoms with van der Waals surface area (Å²) >= 11 is 0. The van der Waals surface area contributed by atoms with Crippen LogP contribution in [0.4, 0.5) is 0 Å². The molecular weight excluding hydrogens is 342 g/mol. The van der Waals surface area contributed by atoms with E-state index in [-0.39, 0.29) is 29.8 Å². The lowest BCUT2D eigenvalue weighted by atomic mass is 10.0. The van der Waals surface area contributed by atoms with Gasteiger partial charge in [-0.2, -0.15) is 0 Å². The van der Waals surface area contributed by atoms with Crippen molar-refractivity contribution in [1.82, 2.24) is 4.90 Å². The minimum absolute atomic E-state index is 0.0231. The van der Waals surface area contributed by atoms with Crippen molar-refractivity contribution in [2.75, 3.05) is 19.5 Å². The smallest absolute Gasteiger partial charge is 0.261 e. The standard InChI is InChI=1S/C18H25NO5S/c1-3-23-15-6-8-16(9-7-15)24-12-18(20)19-13-4-5-14(19)11-17(10-13)25(2,21)22/h6-9,13-14,17H,3-5,10-12H2,1-2H3. The van der Waals surface area contributed by atoms with E-state index in [9.17, 15) is 13.2 Å². The Labute approximate surface area is 149 Å². The first-order chi connectivity index (χ1) is 11.9. The van der Waals surface area contributed by atoms with Gasteiger partial charge >= 0.3 is 0 Å². The Morgan fingerprint density at radius 1 is 1.08 bits per heavy atom. The average Bonchev–Trinajstić information content (AvgIpc) is 2.83. The molecule has 3 rings (SSSR count). The quantitative estimate of drug-likeness (QED) is 0.769. The van der Waals surface area contributed by atoms with Crippen molar-refractivity contribution < 1.29 is 22.7 Å². The molecule has 7 heteroatoms. The highest BCUT2D eigenvalue weighted by atomic mass is 32.2. The Balaban J connectivity index is 1.57. The largest absolute Gasteiger partial charge is 0.494 e. The second-order valence-electron chi connectivity index (χ2n) is 6.80. The third-order valence-electron chi connectivity index (χ3n) is 5.08. The summed E-state index contributed by atoms with van der Waals surface area (Å²) in [6.07, 6.45) is 4.15. The molecule has 2 bridgehead atoms. The highest BCUT2D eigenvalue weighted by molar-refractivity contribution is 7.91. The van der Waals surface area contributed by atoms with E-state index in [0.717, 1.165) is 18.6 Å². The summed E-state index contributed by atoms with van der Waals surface area (Å²) in [5.74, 6) is 1.32. The summed E-state index contributed by atoms with van der Waals surface area (Å²) in [7, 11) is -3.05. The minimum atomic E-state index is -3.05. The second-order valence-corrected chi connectivity index (χ2v) is 9.13. The van der Waals surface area contributed by atoms with Gasteiger partial charge in [0, 0.05) is 18.3 Å². The molecule has 2 aliphatic rings. The summed E-state index contributed by atoms with van der Waals surface area (Å²) < 4.78 is 34.6. The number of piperidine rings is 1. The number of sulfone groups is 1. The van der Waals surface area contributed by atoms with Gasteiger partial charge in [0.1, 0.15) is 21.3 Å². The van der Waals surface area contributed by atoms with Crippen LogP contribution in [0.1, 0.15) is 32.6 Å². The predicted molar refractivity (Wildman–Crippen MR) is 94.6 cm³/mol. The number of nitrogens with zero attached hydrogens (tertiary/aromatic N) is 1. The lowest BCUT2D eigenvalue weighted by Crippen LogP contribution is -2.51. The van der Waals surface area contributed by atoms with E-state index in [1.807, 2.05) is 24.0 Å². The number of amides is 1. The molecule has 2 unspecified atom stereocenters. The zero-order valence-corrected chi connectivity index (χ0v) is 15.5. The lowest BCUT2D eigenvalue weighted by molar-refractivity contribution is -0.137. The van der Waals surface area contributed by atoms with Gasteiger partial charge in [0.15, 0.2) is 6.61 Å². The fourth-order valence-corrected chi connectivity index (χ4v) is 5.05. The van der Waals surface area contributed by atoms with E-state index < -0.39 is 9.84 Å². The molecule has 1 aromatic rings. The van der Waals surface area contributed by atoms with Crippen LogP contribution in [-0.4, -0.2) is 56.0 Å². The summed E-state index contributed by atoms with van der Waals surface area (Å²) in [5, 5.41) is -0.318. The van der Waals surface area contributed by atoms with E-state index >= 15 is 0 Å². The van der Waals surface area contributed by atoms with Crippen LogP contribution in [-0.2, 0) is 14.6 Å². The SMILES string of the molecule is CCOc1ccc(OCC(=O)N2C3CCC2CC(S(C)(=O)=O)C3)cc1. The Morgan fingerprint density at radius 3 is 2.08 bits per heavy atom. The van der Waals surface area contributed by atoms with E-state index in [4.69, 9.17) is 9.47 Å². The normalized spacial score (nSPS) is 25.7. The molecule has 0 saturated carbocycles. The van der Waals surface area contributed by atoms with Gasteiger partial charge in [-0.3, -0.25) is 4.79 Å². The van der Waals surface area contributed by atoms with Gasteiger partial charge in [0.25, 0.3) is 5.91 Å². The number of benzene rings is 1. The van der Waals surface area contributed by atoms with Crippen molar-refractivity contribution in [3.8, 4) is 11.5 Å². The summed E-state index contributed by atoms with van der Waals surface area (Å²) in [5.41, 5.74) is 0. The van der Waals surface area contributed by atoms with Crippen molar-refractivity contribution in [1.29, 1.82) is 0 Å². The van der Waals surface area contributed by atoms with Gasteiger partial charge in [0.05, 0.1) is 11.9 Å². The van der Waals surface area contributed by atoms with Gasteiger partial charge in [0.2, 0.25) is 0 Å². The minimum Gasteiger partial charge on any atom is -0.494 e. The number of rotatable bonds is 6. The molecule has 0 N–H and O–H groups in total. The fourth-order valence-electron chi connectivity index (χ4n) is 3.90. The third-order valence-corrected chi connectivity index (χ3v) is 6.68. The Morgan fingerprint density at radius 2 is 1.60 bits per heavy atom. The molecular formula is C18H25NO5S. The van der Waals surface area contributed by atoms with Crippen LogP contribution in [0.25, 0.3) is 0 Å². The van der Waals surface area contributed by atoms with E-state index in [1.165, 1.54) is 6.26 Å². The molecule has 0 aromatic heterocycles. The van der Waals surface area contributed by atoms with Crippen molar-refractivity contribution in [2.24, 2.45) is 0 Å². The highest BCUT2D eigenvalue weighted by Gasteiger charge is 2.45. The van der Waals surface area contributed by atoms with Crippen LogP contribution < -0.4 is 9.47 Å². The number of hydrogen-bond acceptors (Lipinski definition) is 5. The monoisotopic (exact) mass is 367 g/mol. The molecule has 2 heterocycles. The predicted octanol–water partition coefficient (Wildman–Crippen LogP) is 2.03. The molecule has 6 nitrogen and oxygen atoms in total. The molecule has 138 valence electrons. The van der Waals surface area contributed by atoms with Crippen molar-refractivity contribution in [3.63, 3.8) is 0 Å². The van der Waals surface area contributed by atoms with Crippen LogP contribution in [0, 0.1) is 0 Å². The van der Waals surface area contributed by atoms with Gasteiger partial charge < -0.3 is 14.4 Å². The van der Waals surface area contributed by atoms with Crippen molar-refractivity contribution in [2.45, 2.75) is 49.9 Å². The number of ether oxygens (including phenoxy) is 2. The van der Waals surface area contributed by atoms with Gasteiger partial charge in [-0.15, -0.1) is 0 Å². The first-order valence-electron chi connectivity index (χ1n) is 8.74. The van der Waals surface area contributed by atoms with Gasteiger partial charge in [-0.25, -0.2) is 8.42 Å². The Kier molecular flexibility index (Phi) is 5.22. The summed E-state index contributed by atoms with van der Waals surface area (Å²) in [4.78, 5) is 14.4. The topological polar surface area (TPSA) is 72.9 Å². The van der Waals surface area contributed by atoms with E-state index in [0.29, 0.717) is 25.2 Å². The molecule has 1 aromatic carbocycles. The average molecular weight is 367 g/mol. The third kappa shape index (κ3) is 4.08. The number of carbonyl (C=O) groups is 1. The molecule has 0 radical (unpaired) electrons. The van der Waals surface area contributed by atoms with Crippen molar-refractivity contribution in [3.05, 3.63) is 24.3 Å². The first-order valence-corrected chi connectivity index (χ1v) is 10.7. The number of hydrogen-bond donors (Lipinski definition) is 0. The van der Waals surface area contributed by atoms with E-state index in [2.05, 4.69) is 0 Å². The zero-order chi connectivity index (χ0) is 18.0. The summed E-state index contributed by atoms with van der Waals surface area (Å²) in [6.45, 7) is 2.50. The molecule has 2 aliphatic heterocycles. The molecule has 0 spiro atoms. The maximum atomic E-state index is 12.6. The molecule has 2 fully saturated rings. The van der Waals surface area contributed by atoms with Crippen LogP contribution >= 0.6 is 0 Å². The van der Waals surface area contributed by atoms with Crippen molar-refractivity contribution >= 4 is 15.7 Å². The van der Waals surface area contributed by atoms with Gasteiger partial charge in [-0.1, -0.05) is 0 Å². The number of fused-ring (bicyclic) bond motifs is 2. The fraction of sp³-hybridized carbons (Fsp3) is 0.611. The maximum Gasteiger partial charge on any atom is 0.261 e. The Bertz CT molecular complexity index is 701. The molecule has 25 heavy (non-hydrogen) atoms. The van der Waals surface area contributed by atoms with Crippen LogP contribution in [0.15, 0.2) is 24.3 Å². The van der Waals surface area contributed by atoms with Crippen LogP contribution in [0.5, 0.6) is 11.5 Å². The summed E-state index contributed by atoms with van der Waals surface area (Å²) in [6, 6.07) is 7.23. The molecule has 1 amide bonds.